The van der Waals surface area contributed by atoms with Gasteiger partial charge in [-0.05, 0) is 54.0 Å². The van der Waals surface area contributed by atoms with Crippen LogP contribution in [-0.4, -0.2) is 50.7 Å². The summed E-state index contributed by atoms with van der Waals surface area (Å²) in [5.41, 5.74) is 0.431. The van der Waals surface area contributed by atoms with Crippen LogP contribution >= 0.6 is 15.9 Å². The molecule has 2 rings (SSSR count). The summed E-state index contributed by atoms with van der Waals surface area (Å²) < 4.78 is 11.4. The molecule has 1 N–H and O–H groups in total. The maximum absolute atomic E-state index is 12.6. The Balaban J connectivity index is 2.13. The summed E-state index contributed by atoms with van der Waals surface area (Å²) in [7, 11) is 3.10. The molecular weight excluding hydrogens is 348 g/mol. The summed E-state index contributed by atoms with van der Waals surface area (Å²) >= 11 is 3.41. The molecule has 1 aromatic rings. The summed E-state index contributed by atoms with van der Waals surface area (Å²) in [6.45, 7) is 4.93. The third-order valence-corrected chi connectivity index (χ3v) is 4.75. The fourth-order valence-electron chi connectivity index (χ4n) is 2.97. The van der Waals surface area contributed by atoms with E-state index in [1.54, 1.807) is 20.3 Å². The first-order chi connectivity index (χ1) is 10.6. The van der Waals surface area contributed by atoms with Crippen LogP contribution < -0.4 is 14.8 Å². The molecule has 1 aromatic carbocycles. The van der Waals surface area contributed by atoms with E-state index in [1.807, 2.05) is 6.07 Å². The molecule has 5 nitrogen and oxygen atoms in total. The molecule has 1 unspecified atom stereocenters. The van der Waals surface area contributed by atoms with Gasteiger partial charge >= 0.3 is 0 Å². The van der Waals surface area contributed by atoms with Crippen molar-refractivity contribution in [1.29, 1.82) is 0 Å². The number of likely N-dealkylation sites (N-methyl/N-ethyl adjacent to an activating group) is 1. The number of carbonyl (C=O) groups is 1. The highest BCUT2D eigenvalue weighted by Gasteiger charge is 2.25. The minimum Gasteiger partial charge on any atom is -0.496 e. The van der Waals surface area contributed by atoms with Crippen LogP contribution in [0, 0.1) is 0 Å². The molecule has 0 spiro atoms. The highest BCUT2D eigenvalue weighted by atomic mass is 79.9. The zero-order chi connectivity index (χ0) is 16.1. The second-order valence-electron chi connectivity index (χ2n) is 5.29. The van der Waals surface area contributed by atoms with Gasteiger partial charge in [-0.15, -0.1) is 0 Å². The van der Waals surface area contributed by atoms with E-state index >= 15 is 0 Å². The molecule has 1 atom stereocenters. The Kier molecular flexibility index (Phi) is 6.08. The second-order valence-corrected chi connectivity index (χ2v) is 6.15. The minimum atomic E-state index is -0.169. The number of nitrogens with zero attached hydrogens (tertiary/aromatic N) is 1. The predicted octanol–water partition coefficient (Wildman–Crippen LogP) is 2.68. The average molecular weight is 371 g/mol. The van der Waals surface area contributed by atoms with Crippen LogP contribution in [0.4, 0.5) is 0 Å². The number of likely N-dealkylation sites (tertiary alicyclic amines) is 1. The van der Waals surface area contributed by atoms with Crippen LogP contribution in [0.5, 0.6) is 11.5 Å². The number of halogens is 1. The maximum Gasteiger partial charge on any atom is 0.258 e. The van der Waals surface area contributed by atoms with Crippen LogP contribution in [0.25, 0.3) is 0 Å². The SMILES string of the molecule is CCN1CCCC1CNC(=O)c1c(OC)ccc(Br)c1OC. The lowest BCUT2D eigenvalue weighted by Gasteiger charge is -2.23. The summed E-state index contributed by atoms with van der Waals surface area (Å²) in [5.74, 6) is 0.838. The first-order valence-corrected chi connectivity index (χ1v) is 8.34. The second kappa shape index (κ2) is 7.83. The molecule has 122 valence electrons. The molecule has 0 aromatic heterocycles. The predicted molar refractivity (Wildman–Crippen MR) is 89.8 cm³/mol. The molecule has 1 saturated heterocycles. The van der Waals surface area contributed by atoms with Crippen molar-refractivity contribution in [2.24, 2.45) is 0 Å². The molecule has 1 aliphatic rings. The lowest BCUT2D eigenvalue weighted by molar-refractivity contribution is 0.0935. The molecule has 6 heteroatoms. The number of carbonyl (C=O) groups excluding carboxylic acids is 1. The van der Waals surface area contributed by atoms with E-state index in [4.69, 9.17) is 9.47 Å². The van der Waals surface area contributed by atoms with Gasteiger partial charge in [-0.3, -0.25) is 9.69 Å². The van der Waals surface area contributed by atoms with Gasteiger partial charge in [0.05, 0.1) is 18.7 Å². The molecule has 1 fully saturated rings. The number of rotatable bonds is 6. The minimum absolute atomic E-state index is 0.169. The Bertz CT molecular complexity index is 536. The number of methoxy groups -OCH3 is 2. The van der Waals surface area contributed by atoms with E-state index < -0.39 is 0 Å². The van der Waals surface area contributed by atoms with E-state index in [1.165, 1.54) is 6.42 Å². The Labute approximate surface area is 140 Å². The smallest absolute Gasteiger partial charge is 0.258 e. The van der Waals surface area contributed by atoms with E-state index in [2.05, 4.69) is 33.1 Å². The van der Waals surface area contributed by atoms with Crippen molar-refractivity contribution in [1.82, 2.24) is 10.2 Å². The van der Waals surface area contributed by atoms with Gasteiger partial charge in [0.25, 0.3) is 5.91 Å². The van der Waals surface area contributed by atoms with Gasteiger partial charge in [-0.2, -0.15) is 0 Å². The van der Waals surface area contributed by atoms with E-state index in [-0.39, 0.29) is 5.91 Å². The molecular formula is C16H23BrN2O3. The first kappa shape index (κ1) is 17.1. The third kappa shape index (κ3) is 3.55. The molecule has 1 aliphatic heterocycles. The fourth-order valence-corrected chi connectivity index (χ4v) is 3.46. The van der Waals surface area contributed by atoms with Gasteiger partial charge in [-0.1, -0.05) is 6.92 Å². The molecule has 0 bridgehead atoms. The Hall–Kier alpha value is -1.27. The summed E-state index contributed by atoms with van der Waals surface area (Å²) in [5, 5.41) is 3.02. The highest BCUT2D eigenvalue weighted by molar-refractivity contribution is 9.10. The zero-order valence-electron chi connectivity index (χ0n) is 13.3. The van der Waals surface area contributed by atoms with E-state index in [0.29, 0.717) is 29.6 Å². The van der Waals surface area contributed by atoms with Crippen molar-refractivity contribution in [3.63, 3.8) is 0 Å². The zero-order valence-corrected chi connectivity index (χ0v) is 14.9. The topological polar surface area (TPSA) is 50.8 Å². The summed E-state index contributed by atoms with van der Waals surface area (Å²) in [6, 6.07) is 3.98. The van der Waals surface area contributed by atoms with Crippen LogP contribution in [0.1, 0.15) is 30.1 Å². The van der Waals surface area contributed by atoms with Crippen molar-refractivity contribution in [3.8, 4) is 11.5 Å². The molecule has 22 heavy (non-hydrogen) atoms. The molecule has 0 radical (unpaired) electrons. The van der Waals surface area contributed by atoms with Gasteiger partial charge in [0, 0.05) is 12.6 Å². The van der Waals surface area contributed by atoms with Gasteiger partial charge in [0.15, 0.2) is 0 Å². The van der Waals surface area contributed by atoms with Crippen LogP contribution in [0.3, 0.4) is 0 Å². The number of ether oxygens (including phenoxy) is 2. The van der Waals surface area contributed by atoms with Gasteiger partial charge in [-0.25, -0.2) is 0 Å². The third-order valence-electron chi connectivity index (χ3n) is 4.13. The number of hydrogen-bond donors (Lipinski definition) is 1. The standard InChI is InChI=1S/C16H23BrN2O3/c1-4-19-9-5-6-11(19)10-18-16(20)14-13(21-2)8-7-12(17)15(14)22-3/h7-8,11H,4-6,9-10H2,1-3H3,(H,18,20). The number of benzene rings is 1. The van der Waals surface area contributed by atoms with Crippen LogP contribution in [-0.2, 0) is 0 Å². The molecule has 1 amide bonds. The van der Waals surface area contributed by atoms with Crippen LogP contribution in [0.15, 0.2) is 16.6 Å². The van der Waals surface area contributed by atoms with Gasteiger partial charge < -0.3 is 14.8 Å². The number of hydrogen-bond acceptors (Lipinski definition) is 4. The summed E-state index contributed by atoms with van der Waals surface area (Å²) in [4.78, 5) is 15.0. The highest BCUT2D eigenvalue weighted by Crippen LogP contribution is 2.35. The van der Waals surface area contributed by atoms with Crippen molar-refractivity contribution in [2.75, 3.05) is 33.9 Å². The van der Waals surface area contributed by atoms with Crippen molar-refractivity contribution in [2.45, 2.75) is 25.8 Å². The Morgan fingerprint density at radius 2 is 2.18 bits per heavy atom. The summed E-state index contributed by atoms with van der Waals surface area (Å²) in [6.07, 6.45) is 2.32. The van der Waals surface area contributed by atoms with Crippen molar-refractivity contribution < 1.29 is 14.3 Å². The monoisotopic (exact) mass is 370 g/mol. The lowest BCUT2D eigenvalue weighted by atomic mass is 10.1. The lowest BCUT2D eigenvalue weighted by Crippen LogP contribution is -2.40. The number of nitrogens with one attached hydrogen (secondary N) is 1. The van der Waals surface area contributed by atoms with Crippen LogP contribution in [0.2, 0.25) is 0 Å². The molecule has 1 heterocycles. The molecule has 0 saturated carbocycles. The van der Waals surface area contributed by atoms with Gasteiger partial charge in [0.1, 0.15) is 17.1 Å². The Morgan fingerprint density at radius 1 is 1.41 bits per heavy atom. The first-order valence-electron chi connectivity index (χ1n) is 7.55. The van der Waals surface area contributed by atoms with E-state index in [9.17, 15) is 4.79 Å². The number of amides is 1. The van der Waals surface area contributed by atoms with Crippen molar-refractivity contribution >= 4 is 21.8 Å². The fraction of sp³-hybridized carbons (Fsp3) is 0.562. The average Bonchev–Trinajstić information content (AvgIpc) is 2.99. The quantitative estimate of drug-likeness (QED) is 0.836. The van der Waals surface area contributed by atoms with E-state index in [0.717, 1.165) is 24.0 Å². The largest absolute Gasteiger partial charge is 0.496 e. The Morgan fingerprint density at radius 3 is 2.82 bits per heavy atom. The molecule has 0 aliphatic carbocycles. The van der Waals surface area contributed by atoms with Crippen molar-refractivity contribution in [3.05, 3.63) is 22.2 Å². The normalized spacial score (nSPS) is 18.3. The van der Waals surface area contributed by atoms with Gasteiger partial charge in [0.2, 0.25) is 0 Å². The maximum atomic E-state index is 12.6.